The number of aromatic hydroxyl groups is 1. The maximum absolute atomic E-state index is 11.8. The van der Waals surface area contributed by atoms with E-state index >= 15 is 0 Å². The van der Waals surface area contributed by atoms with Gasteiger partial charge < -0.3 is 26.5 Å². The maximum atomic E-state index is 11.8. The Bertz CT molecular complexity index is 883. The summed E-state index contributed by atoms with van der Waals surface area (Å²) in [6.45, 7) is 10.9. The Morgan fingerprint density at radius 3 is 2.68 bits per heavy atom. The van der Waals surface area contributed by atoms with Gasteiger partial charge in [0.2, 0.25) is 5.91 Å². The molecule has 28 heavy (non-hydrogen) atoms. The lowest BCUT2D eigenvalue weighted by Crippen LogP contribution is -2.26. The third kappa shape index (κ3) is 4.22. The molecular weight excluding hydrogens is 352 g/mol. The molecule has 6 nitrogen and oxygen atoms in total. The second-order valence-electron chi connectivity index (χ2n) is 6.58. The van der Waals surface area contributed by atoms with Gasteiger partial charge in [-0.05, 0) is 43.2 Å². The van der Waals surface area contributed by atoms with Crippen molar-refractivity contribution in [3.8, 4) is 5.75 Å². The van der Waals surface area contributed by atoms with Gasteiger partial charge in [-0.1, -0.05) is 32.6 Å². The predicted molar refractivity (Wildman–Crippen MR) is 116 cm³/mol. The van der Waals surface area contributed by atoms with Crippen LogP contribution >= 0.6 is 0 Å². The van der Waals surface area contributed by atoms with Crippen molar-refractivity contribution in [1.29, 1.82) is 0 Å². The van der Waals surface area contributed by atoms with Crippen LogP contribution in [0.5, 0.6) is 5.75 Å². The normalized spacial score (nSPS) is 16.5. The molecule has 1 atom stereocenters. The number of phenols is 1. The monoisotopic (exact) mass is 382 g/mol. The first-order chi connectivity index (χ1) is 13.4. The fraction of sp³-hybridized carbons (Fsp3) is 0.318. The minimum atomic E-state index is -0.0476. The number of likely N-dealkylation sites (tertiary alicyclic amines) is 1. The molecule has 1 fully saturated rings. The minimum absolute atomic E-state index is 0.0476. The van der Waals surface area contributed by atoms with Crippen molar-refractivity contribution >= 4 is 23.5 Å². The van der Waals surface area contributed by atoms with Gasteiger partial charge >= 0.3 is 0 Å². The zero-order valence-corrected chi connectivity index (χ0v) is 16.8. The molecule has 150 valence electrons. The van der Waals surface area contributed by atoms with Crippen LogP contribution in [0, 0.1) is 6.92 Å². The summed E-state index contributed by atoms with van der Waals surface area (Å²) in [5.74, 6) is 0.815. The molecule has 3 rings (SSSR count). The van der Waals surface area contributed by atoms with E-state index in [4.69, 9.17) is 11.5 Å². The van der Waals surface area contributed by atoms with Crippen LogP contribution in [0.2, 0.25) is 0 Å². The number of amides is 1. The summed E-state index contributed by atoms with van der Waals surface area (Å²) in [5, 5.41) is 9.97. The second kappa shape index (κ2) is 9.17. The average molecular weight is 383 g/mol. The lowest BCUT2D eigenvalue weighted by molar-refractivity contribution is -0.125. The van der Waals surface area contributed by atoms with Crippen LogP contribution in [0.15, 0.2) is 36.9 Å². The summed E-state index contributed by atoms with van der Waals surface area (Å²) in [7, 11) is 0. The number of hydrogen-bond acceptors (Lipinski definition) is 4. The first-order valence-electron chi connectivity index (χ1n) is 9.57. The van der Waals surface area contributed by atoms with Crippen molar-refractivity contribution in [2.45, 2.75) is 33.1 Å². The number of hydrogen-bond donors (Lipinski definition) is 4. The molecule has 1 amide bonds. The van der Waals surface area contributed by atoms with Crippen LogP contribution in [0.1, 0.15) is 48.6 Å². The molecule has 6 heteroatoms. The summed E-state index contributed by atoms with van der Waals surface area (Å²) < 4.78 is 0. The van der Waals surface area contributed by atoms with Crippen molar-refractivity contribution in [2.75, 3.05) is 18.8 Å². The molecule has 1 aliphatic rings. The molecule has 1 aliphatic heterocycles. The first-order valence-corrected chi connectivity index (χ1v) is 9.57. The van der Waals surface area contributed by atoms with E-state index in [1.54, 1.807) is 29.2 Å². The van der Waals surface area contributed by atoms with Crippen molar-refractivity contribution in [3.63, 3.8) is 0 Å². The van der Waals surface area contributed by atoms with E-state index in [1.165, 1.54) is 6.08 Å². The molecule has 0 radical (unpaired) electrons. The Kier molecular flexibility index (Phi) is 6.93. The van der Waals surface area contributed by atoms with E-state index in [2.05, 4.69) is 11.6 Å². The van der Waals surface area contributed by atoms with Gasteiger partial charge in [-0.3, -0.25) is 4.79 Å². The third-order valence-corrected chi connectivity index (χ3v) is 4.97. The van der Waals surface area contributed by atoms with Crippen molar-refractivity contribution in [3.05, 3.63) is 59.3 Å². The SMILES string of the molecule is C=CC(=O)N1CCC(c2[nH]c(N)c(/C=C(\N)c3ccccc3O)c2C)C1.CC. The quantitative estimate of drug-likeness (QED) is 0.606. The number of carbonyl (C=O) groups excluding carboxylic acids is 1. The van der Waals surface area contributed by atoms with Crippen molar-refractivity contribution in [2.24, 2.45) is 5.73 Å². The zero-order chi connectivity index (χ0) is 20.8. The number of benzene rings is 1. The molecular formula is C22H30N4O2. The van der Waals surface area contributed by atoms with Crippen LogP contribution in [0.4, 0.5) is 5.82 Å². The van der Waals surface area contributed by atoms with Crippen LogP contribution in [0.3, 0.4) is 0 Å². The zero-order valence-electron chi connectivity index (χ0n) is 16.8. The fourth-order valence-corrected chi connectivity index (χ4v) is 3.52. The molecule has 1 saturated heterocycles. The minimum Gasteiger partial charge on any atom is -0.507 e. The van der Waals surface area contributed by atoms with E-state index in [-0.39, 0.29) is 17.6 Å². The molecule has 0 spiro atoms. The highest BCUT2D eigenvalue weighted by atomic mass is 16.3. The third-order valence-electron chi connectivity index (χ3n) is 4.97. The molecule has 6 N–H and O–H groups in total. The highest BCUT2D eigenvalue weighted by molar-refractivity contribution is 5.87. The smallest absolute Gasteiger partial charge is 0.245 e. The molecule has 2 aromatic rings. The standard InChI is InChI=1S/C20H24N4O2.C2H6/c1-3-18(26)24-9-8-13(11-24)19-12(2)15(20(22)23-19)10-16(21)14-6-4-5-7-17(14)25;1-2/h3-7,10,13,23,25H,1,8-9,11,21-22H2,2H3;1-2H3/b16-10-;. The number of aromatic nitrogens is 1. The van der Waals surface area contributed by atoms with Gasteiger partial charge in [-0.25, -0.2) is 0 Å². The van der Waals surface area contributed by atoms with Crippen LogP contribution < -0.4 is 11.5 Å². The Labute approximate surface area is 166 Å². The molecule has 0 bridgehead atoms. The van der Waals surface area contributed by atoms with Gasteiger partial charge in [0.15, 0.2) is 0 Å². The first kappa shape index (κ1) is 21.2. The van der Waals surface area contributed by atoms with Gasteiger partial charge in [0.05, 0.1) is 0 Å². The number of nitrogens with zero attached hydrogens (tertiary/aromatic N) is 1. The number of nitrogens with two attached hydrogens (primary N) is 2. The highest BCUT2D eigenvalue weighted by Crippen LogP contribution is 2.34. The number of para-hydroxylation sites is 1. The Morgan fingerprint density at radius 1 is 1.36 bits per heavy atom. The van der Waals surface area contributed by atoms with Crippen LogP contribution in [0.25, 0.3) is 11.8 Å². The Morgan fingerprint density at radius 2 is 2.04 bits per heavy atom. The van der Waals surface area contributed by atoms with Gasteiger partial charge in [-0.15, -0.1) is 0 Å². The van der Waals surface area contributed by atoms with Crippen molar-refractivity contribution < 1.29 is 9.90 Å². The molecule has 2 heterocycles. The molecule has 0 saturated carbocycles. The number of phenolic OH excluding ortho intramolecular Hbond substituents is 1. The lowest BCUT2D eigenvalue weighted by atomic mass is 9.99. The number of H-pyrrole nitrogens is 1. The van der Waals surface area contributed by atoms with E-state index in [1.807, 2.05) is 26.8 Å². The largest absolute Gasteiger partial charge is 0.507 e. The number of nitrogen functional groups attached to an aromatic ring is 1. The van der Waals surface area contributed by atoms with Crippen LogP contribution in [-0.2, 0) is 4.79 Å². The lowest BCUT2D eigenvalue weighted by Gasteiger charge is -2.14. The highest BCUT2D eigenvalue weighted by Gasteiger charge is 2.29. The average Bonchev–Trinajstić information content (AvgIpc) is 3.29. The van der Waals surface area contributed by atoms with E-state index < -0.39 is 0 Å². The van der Waals surface area contributed by atoms with E-state index in [9.17, 15) is 9.90 Å². The molecule has 0 aliphatic carbocycles. The van der Waals surface area contributed by atoms with Crippen molar-refractivity contribution in [1.82, 2.24) is 9.88 Å². The van der Waals surface area contributed by atoms with Crippen LogP contribution in [-0.4, -0.2) is 34.0 Å². The number of anilines is 1. The number of nitrogens with one attached hydrogen (secondary N) is 1. The number of carbonyl (C=O) groups is 1. The summed E-state index contributed by atoms with van der Waals surface area (Å²) in [5.41, 5.74) is 16.2. The maximum Gasteiger partial charge on any atom is 0.245 e. The Hall–Kier alpha value is -3.15. The van der Waals surface area contributed by atoms with E-state index in [0.29, 0.717) is 30.2 Å². The second-order valence-corrected chi connectivity index (χ2v) is 6.58. The summed E-state index contributed by atoms with van der Waals surface area (Å²) in [6.07, 6.45) is 4.00. The van der Waals surface area contributed by atoms with E-state index in [0.717, 1.165) is 23.2 Å². The predicted octanol–water partition coefficient (Wildman–Crippen LogP) is 3.60. The van der Waals surface area contributed by atoms with Gasteiger partial charge in [0.25, 0.3) is 0 Å². The topological polar surface area (TPSA) is 108 Å². The Balaban J connectivity index is 0.00000136. The van der Waals surface area contributed by atoms with Gasteiger partial charge in [-0.2, -0.15) is 0 Å². The molecule has 1 aromatic heterocycles. The summed E-state index contributed by atoms with van der Waals surface area (Å²) >= 11 is 0. The molecule has 1 aromatic carbocycles. The number of aromatic amines is 1. The van der Waals surface area contributed by atoms with Gasteiger partial charge in [0.1, 0.15) is 11.6 Å². The summed E-state index contributed by atoms with van der Waals surface area (Å²) in [4.78, 5) is 16.9. The van der Waals surface area contributed by atoms with Gasteiger partial charge in [0, 0.05) is 41.5 Å². The summed E-state index contributed by atoms with van der Waals surface area (Å²) in [6, 6.07) is 6.92. The molecule has 1 unspecified atom stereocenters. The number of rotatable bonds is 4. The fourth-order valence-electron chi connectivity index (χ4n) is 3.52.